The number of nitrogens with one attached hydrogen (secondary N) is 1. The van der Waals surface area contributed by atoms with Crippen LogP contribution in [0.5, 0.6) is 0 Å². The van der Waals surface area contributed by atoms with E-state index in [1.807, 2.05) is 6.92 Å². The summed E-state index contributed by atoms with van der Waals surface area (Å²) in [5, 5.41) is 3.63. The highest BCUT2D eigenvalue weighted by molar-refractivity contribution is 5.90. The van der Waals surface area contributed by atoms with Gasteiger partial charge in [-0.25, -0.2) is 0 Å². The van der Waals surface area contributed by atoms with Gasteiger partial charge in [0.05, 0.1) is 11.3 Å². The van der Waals surface area contributed by atoms with E-state index >= 15 is 0 Å². The Hall–Kier alpha value is -1.36. The molecule has 6 unspecified atom stereocenters. The zero-order valence-electron chi connectivity index (χ0n) is 18.3. The largest absolute Gasteiger partial charge is 0.418 e. The minimum atomic E-state index is -4.38. The second kappa shape index (κ2) is 8.79. The lowest BCUT2D eigenvalue weighted by atomic mass is 9.84. The standard InChI is InChI=1S/C24H35F3N2/c1-14-15(2)17(4)20(16(14)3)12-10-19-11-13-22(29-19)18(5)28-23-9-7-6-8-21(23)24(25,26)27/h6-9,14-17,19-20,22,29H,10-13H2,1-5H3. The van der Waals surface area contributed by atoms with Gasteiger partial charge >= 0.3 is 6.18 Å². The molecule has 1 saturated carbocycles. The molecule has 0 amide bonds. The summed E-state index contributed by atoms with van der Waals surface area (Å²) < 4.78 is 39.7. The lowest BCUT2D eigenvalue weighted by Crippen LogP contribution is -2.34. The van der Waals surface area contributed by atoms with Crippen molar-refractivity contribution in [2.24, 2.45) is 34.6 Å². The number of hydrogen-bond donors (Lipinski definition) is 1. The summed E-state index contributed by atoms with van der Waals surface area (Å²) in [6.07, 6.45) is 0.000948. The number of aliphatic imine (C=N–C) groups is 1. The van der Waals surface area contributed by atoms with Crippen LogP contribution in [0.25, 0.3) is 0 Å². The Kier molecular flexibility index (Phi) is 6.77. The van der Waals surface area contributed by atoms with Crippen LogP contribution < -0.4 is 5.32 Å². The van der Waals surface area contributed by atoms with Crippen molar-refractivity contribution < 1.29 is 13.2 Å². The summed E-state index contributed by atoms with van der Waals surface area (Å²) in [4.78, 5) is 4.36. The van der Waals surface area contributed by atoms with Crippen molar-refractivity contribution in [3.63, 3.8) is 0 Å². The molecule has 0 aromatic heterocycles. The maximum Gasteiger partial charge on any atom is 0.418 e. The third-order valence-electron chi connectivity index (χ3n) is 7.94. The van der Waals surface area contributed by atoms with Crippen LogP contribution in [0.1, 0.15) is 65.9 Å². The zero-order valence-corrected chi connectivity index (χ0v) is 18.3. The van der Waals surface area contributed by atoms with Crippen molar-refractivity contribution in [2.45, 2.75) is 78.6 Å². The first kappa shape index (κ1) is 22.3. The third-order valence-corrected chi connectivity index (χ3v) is 7.94. The first-order chi connectivity index (χ1) is 13.6. The number of benzene rings is 1. The first-order valence-electron chi connectivity index (χ1n) is 11.1. The predicted octanol–water partition coefficient (Wildman–Crippen LogP) is 6.87. The predicted molar refractivity (Wildman–Crippen MR) is 114 cm³/mol. The van der Waals surface area contributed by atoms with E-state index in [4.69, 9.17) is 0 Å². The zero-order chi connectivity index (χ0) is 21.3. The molecule has 2 fully saturated rings. The van der Waals surface area contributed by atoms with Gasteiger partial charge in [-0.1, -0.05) is 39.8 Å². The van der Waals surface area contributed by atoms with E-state index in [2.05, 4.69) is 38.0 Å². The van der Waals surface area contributed by atoms with Gasteiger partial charge < -0.3 is 5.32 Å². The Bertz CT molecular complexity index is 713. The molecule has 29 heavy (non-hydrogen) atoms. The van der Waals surface area contributed by atoms with Crippen molar-refractivity contribution in [1.82, 2.24) is 5.32 Å². The van der Waals surface area contributed by atoms with Gasteiger partial charge in [-0.3, -0.25) is 4.99 Å². The molecular weight excluding hydrogens is 373 g/mol. The summed E-state index contributed by atoms with van der Waals surface area (Å²) in [5.41, 5.74) is 0.0923. The molecule has 0 spiro atoms. The van der Waals surface area contributed by atoms with Crippen LogP contribution in [0.15, 0.2) is 29.3 Å². The monoisotopic (exact) mass is 408 g/mol. The van der Waals surface area contributed by atoms with Crippen molar-refractivity contribution in [2.75, 3.05) is 0 Å². The molecule has 1 aromatic carbocycles. The lowest BCUT2D eigenvalue weighted by Gasteiger charge is -2.23. The molecule has 1 heterocycles. The van der Waals surface area contributed by atoms with Crippen LogP contribution in [0.2, 0.25) is 0 Å². The summed E-state index contributed by atoms with van der Waals surface area (Å²) in [7, 11) is 0. The van der Waals surface area contributed by atoms with Crippen LogP contribution in [-0.4, -0.2) is 17.8 Å². The van der Waals surface area contributed by atoms with E-state index in [9.17, 15) is 13.2 Å². The van der Waals surface area contributed by atoms with Crippen LogP contribution in [0, 0.1) is 29.6 Å². The highest BCUT2D eigenvalue weighted by Gasteiger charge is 2.41. The fourth-order valence-corrected chi connectivity index (χ4v) is 5.59. The average Bonchev–Trinajstić information content (AvgIpc) is 3.21. The summed E-state index contributed by atoms with van der Waals surface area (Å²) >= 11 is 0. The SMILES string of the molecule is CC(=Nc1ccccc1C(F)(F)F)C1CCC(CCC2C(C)C(C)C(C)C2C)N1. The summed E-state index contributed by atoms with van der Waals surface area (Å²) in [6, 6.07) is 6.07. The maximum absolute atomic E-state index is 13.2. The molecule has 2 aliphatic rings. The highest BCUT2D eigenvalue weighted by atomic mass is 19.4. The Morgan fingerprint density at radius 1 is 0.966 bits per heavy atom. The fraction of sp³-hybridized carbons (Fsp3) is 0.708. The van der Waals surface area contributed by atoms with E-state index < -0.39 is 11.7 Å². The molecule has 3 rings (SSSR count). The van der Waals surface area contributed by atoms with Gasteiger partial charge in [0.15, 0.2) is 0 Å². The molecule has 1 saturated heterocycles. The van der Waals surface area contributed by atoms with Crippen LogP contribution in [0.3, 0.4) is 0 Å². The Morgan fingerprint density at radius 2 is 1.59 bits per heavy atom. The lowest BCUT2D eigenvalue weighted by molar-refractivity contribution is -0.137. The van der Waals surface area contributed by atoms with E-state index in [-0.39, 0.29) is 11.7 Å². The van der Waals surface area contributed by atoms with Gasteiger partial charge in [0.2, 0.25) is 0 Å². The molecule has 1 aromatic rings. The van der Waals surface area contributed by atoms with Gasteiger partial charge in [0.25, 0.3) is 0 Å². The molecule has 1 N–H and O–H groups in total. The van der Waals surface area contributed by atoms with Gasteiger partial charge in [-0.2, -0.15) is 13.2 Å². The minimum absolute atomic E-state index is 0.0133. The quantitative estimate of drug-likeness (QED) is 0.528. The topological polar surface area (TPSA) is 24.4 Å². The third kappa shape index (κ3) is 4.87. The van der Waals surface area contributed by atoms with Crippen LogP contribution in [-0.2, 0) is 6.18 Å². The Balaban J connectivity index is 1.59. The highest BCUT2D eigenvalue weighted by Crippen LogP contribution is 2.47. The second-order valence-corrected chi connectivity index (χ2v) is 9.44. The van der Waals surface area contributed by atoms with Crippen LogP contribution in [0.4, 0.5) is 18.9 Å². The molecule has 0 radical (unpaired) electrons. The van der Waals surface area contributed by atoms with E-state index in [1.165, 1.54) is 18.6 Å². The smallest absolute Gasteiger partial charge is 0.306 e. The number of halogens is 3. The van der Waals surface area contributed by atoms with Gasteiger partial charge in [0.1, 0.15) is 0 Å². The molecule has 1 aliphatic carbocycles. The first-order valence-corrected chi connectivity index (χ1v) is 11.1. The molecule has 162 valence electrons. The van der Waals surface area contributed by atoms with Gasteiger partial charge in [0, 0.05) is 17.8 Å². The van der Waals surface area contributed by atoms with Gasteiger partial charge in [-0.15, -0.1) is 0 Å². The minimum Gasteiger partial charge on any atom is -0.306 e. The van der Waals surface area contributed by atoms with E-state index in [0.717, 1.165) is 60.6 Å². The normalized spacial score (nSPS) is 36.0. The van der Waals surface area contributed by atoms with Crippen molar-refractivity contribution in [1.29, 1.82) is 0 Å². The Labute approximate surface area is 173 Å². The van der Waals surface area contributed by atoms with Crippen molar-refractivity contribution >= 4 is 11.4 Å². The summed E-state index contributed by atoms with van der Waals surface area (Å²) in [6.45, 7) is 11.4. The number of rotatable bonds is 5. The molecule has 1 aliphatic heterocycles. The molecule has 6 atom stereocenters. The molecule has 5 heteroatoms. The van der Waals surface area contributed by atoms with E-state index in [0.29, 0.717) is 6.04 Å². The van der Waals surface area contributed by atoms with E-state index in [1.54, 1.807) is 6.07 Å². The maximum atomic E-state index is 13.2. The van der Waals surface area contributed by atoms with Crippen LogP contribution >= 0.6 is 0 Å². The van der Waals surface area contributed by atoms with Crippen molar-refractivity contribution in [3.05, 3.63) is 29.8 Å². The van der Waals surface area contributed by atoms with Crippen molar-refractivity contribution in [3.8, 4) is 0 Å². The number of hydrogen-bond acceptors (Lipinski definition) is 2. The second-order valence-electron chi connectivity index (χ2n) is 9.44. The number of para-hydroxylation sites is 1. The number of alkyl halides is 3. The molecule has 2 nitrogen and oxygen atoms in total. The Morgan fingerprint density at radius 3 is 2.21 bits per heavy atom. The van der Waals surface area contributed by atoms with Gasteiger partial charge in [-0.05, 0) is 74.3 Å². The average molecular weight is 409 g/mol. The number of nitrogens with zero attached hydrogens (tertiary/aromatic N) is 1. The fourth-order valence-electron chi connectivity index (χ4n) is 5.59. The molecule has 0 bridgehead atoms. The summed E-state index contributed by atoms with van der Waals surface area (Å²) in [5.74, 6) is 3.86. The molecular formula is C24H35F3N2.